The van der Waals surface area contributed by atoms with Crippen LogP contribution in [0.5, 0.6) is 0 Å². The lowest BCUT2D eigenvalue weighted by Crippen LogP contribution is -2.49. The monoisotopic (exact) mass is 551 g/mol. The molecule has 198 valence electrons. The lowest BCUT2D eigenvalue weighted by molar-refractivity contribution is -0.105. The fraction of sp³-hybridized carbons (Fsp3) is 0.700. The highest BCUT2D eigenvalue weighted by Crippen LogP contribution is 2.47. The van der Waals surface area contributed by atoms with Crippen LogP contribution in [0.4, 0.5) is 5.95 Å². The highest BCUT2D eigenvalue weighted by atomic mass is 35.5. The molecule has 12 nitrogen and oxygen atoms in total. The van der Waals surface area contributed by atoms with E-state index in [0.717, 1.165) is 0 Å². The van der Waals surface area contributed by atoms with Crippen molar-refractivity contribution in [3.05, 3.63) is 11.5 Å². The number of nitrogens with zero attached hydrogens (tertiary/aromatic N) is 4. The van der Waals surface area contributed by atoms with Crippen molar-refractivity contribution in [2.24, 2.45) is 5.41 Å². The quantitative estimate of drug-likeness (QED) is 0.151. The van der Waals surface area contributed by atoms with Gasteiger partial charge in [-0.1, -0.05) is 32.4 Å². The Balaban J connectivity index is 2.38. The van der Waals surface area contributed by atoms with E-state index in [-0.39, 0.29) is 48.3 Å². The van der Waals surface area contributed by atoms with Crippen molar-refractivity contribution in [1.82, 2.24) is 19.7 Å². The van der Waals surface area contributed by atoms with Crippen LogP contribution in [0.2, 0.25) is 18.2 Å². The molecule has 2 heterocycles. The smallest absolute Gasteiger partial charge is 0.356 e. The molecule has 2 aromatic heterocycles. The molecule has 0 bridgehead atoms. The lowest BCUT2D eigenvalue weighted by atomic mass is 9.86. The summed E-state index contributed by atoms with van der Waals surface area (Å²) < 4.78 is 37.0. The second-order valence-corrected chi connectivity index (χ2v) is 13.6. The molecule has 2 aromatic rings. The van der Waals surface area contributed by atoms with Crippen LogP contribution < -0.4 is 10.2 Å². The number of carbonyl (C=O) groups is 1. The number of nitrogens with one attached hydrogen (secondary N) is 1. The summed E-state index contributed by atoms with van der Waals surface area (Å²) in [6.45, 7) is 14.2. The number of anilines is 1. The van der Waals surface area contributed by atoms with Crippen LogP contribution in [-0.2, 0) is 27.6 Å². The van der Waals surface area contributed by atoms with Crippen LogP contribution in [0.1, 0.15) is 34.6 Å². The molecule has 0 saturated heterocycles. The molecule has 2 unspecified atom stereocenters. The number of hydrogen-bond donors (Lipinski definition) is 1. The second kappa shape index (κ2) is 13.1. The molecule has 35 heavy (non-hydrogen) atoms. The van der Waals surface area contributed by atoms with Crippen LogP contribution >= 0.6 is 19.2 Å². The largest absolute Gasteiger partial charge is 0.413 e. The summed E-state index contributed by atoms with van der Waals surface area (Å²) in [5.41, 5.74) is 0.219. The van der Waals surface area contributed by atoms with Crippen LogP contribution in [0.25, 0.3) is 11.2 Å². The van der Waals surface area contributed by atoms with Gasteiger partial charge in [0.2, 0.25) is 18.0 Å². The third kappa shape index (κ3) is 8.48. The van der Waals surface area contributed by atoms with E-state index in [9.17, 15) is 9.36 Å². The summed E-state index contributed by atoms with van der Waals surface area (Å²) in [5, 5.41) is 2.43. The van der Waals surface area contributed by atoms with Crippen molar-refractivity contribution in [1.29, 1.82) is 0 Å². The molecule has 1 N–H and O–H groups in total. The van der Waals surface area contributed by atoms with Gasteiger partial charge < -0.3 is 23.0 Å². The number of fused-ring (bicyclic) bond motifs is 1. The number of rotatable bonds is 15. The number of halogens is 1. The first-order valence-electron chi connectivity index (χ1n) is 11.3. The highest BCUT2D eigenvalue weighted by molar-refractivity contribution is 7.53. The predicted molar refractivity (Wildman–Crippen MR) is 135 cm³/mol. The van der Waals surface area contributed by atoms with Gasteiger partial charge in [0.1, 0.15) is 18.2 Å². The Morgan fingerprint density at radius 2 is 1.89 bits per heavy atom. The Labute approximate surface area is 212 Å². The van der Waals surface area contributed by atoms with Crippen LogP contribution in [-0.4, -0.2) is 73.5 Å². The third-order valence-corrected chi connectivity index (χ3v) is 7.46. The fourth-order valence-electron chi connectivity index (χ4n) is 3.29. The maximum Gasteiger partial charge on any atom is 0.356 e. The van der Waals surface area contributed by atoms with Crippen LogP contribution in [0.3, 0.4) is 0 Å². The lowest BCUT2D eigenvalue weighted by Gasteiger charge is -2.37. The first kappa shape index (κ1) is 29.6. The number of amides is 1. The molecule has 0 aliphatic rings. The Hall–Kier alpha value is -1.60. The standard InChI is InChI=1S/C20H35ClN5O7PSi/c1-8-30-34(28,31-9-2)13-29-10-14(16(20(3,4)5)33-35(6)7)32-26-11-22-15-17(21)24-19(23-12-27)25-18(15)26/h11-12,14,16,35H,8-10,13H2,1-7H3,(H,23,24,25,27). The minimum atomic E-state index is -3.41. The molecule has 0 fully saturated rings. The zero-order valence-electron chi connectivity index (χ0n) is 21.2. The summed E-state index contributed by atoms with van der Waals surface area (Å²) >= 11 is 6.20. The van der Waals surface area contributed by atoms with E-state index in [1.165, 1.54) is 11.1 Å². The van der Waals surface area contributed by atoms with Crippen LogP contribution in [0, 0.1) is 5.41 Å². The van der Waals surface area contributed by atoms with Gasteiger partial charge in [-0.15, -0.1) is 0 Å². The molecule has 1 amide bonds. The van der Waals surface area contributed by atoms with Crippen molar-refractivity contribution in [3.63, 3.8) is 0 Å². The summed E-state index contributed by atoms with van der Waals surface area (Å²) in [4.78, 5) is 29.6. The van der Waals surface area contributed by atoms with E-state index in [0.29, 0.717) is 11.9 Å². The topological polar surface area (TPSA) is 136 Å². The Morgan fingerprint density at radius 3 is 2.43 bits per heavy atom. The van der Waals surface area contributed by atoms with Crippen molar-refractivity contribution in [2.45, 2.75) is 59.9 Å². The van der Waals surface area contributed by atoms with Crippen molar-refractivity contribution >= 4 is 51.8 Å². The van der Waals surface area contributed by atoms with Crippen molar-refractivity contribution in [3.8, 4) is 0 Å². The highest BCUT2D eigenvalue weighted by Gasteiger charge is 2.37. The Bertz CT molecular complexity index is 1010. The molecule has 0 saturated carbocycles. The zero-order chi connectivity index (χ0) is 26.2. The molecular formula is C20H35ClN5O7PSi. The number of hydrogen-bond acceptors (Lipinski definition) is 10. The second-order valence-electron chi connectivity index (χ2n) is 8.90. The molecule has 15 heteroatoms. The van der Waals surface area contributed by atoms with Gasteiger partial charge in [-0.05, 0) is 32.4 Å². The van der Waals surface area contributed by atoms with Crippen molar-refractivity contribution in [2.75, 3.05) is 31.5 Å². The summed E-state index contributed by atoms with van der Waals surface area (Å²) in [6.07, 6.45) is 0.559. The van der Waals surface area contributed by atoms with Gasteiger partial charge in [-0.2, -0.15) is 14.7 Å². The van der Waals surface area contributed by atoms with Gasteiger partial charge in [0.25, 0.3) is 0 Å². The van der Waals surface area contributed by atoms with Gasteiger partial charge in [-0.25, -0.2) is 4.98 Å². The first-order valence-corrected chi connectivity index (χ1v) is 16.2. The summed E-state index contributed by atoms with van der Waals surface area (Å²) in [7, 11) is -4.92. The SMILES string of the molecule is CCOP(=O)(COCC(On1cnc2c(Cl)nc(NC=O)nc21)C(O[SiH](C)C)C(C)(C)C)OCC. The van der Waals surface area contributed by atoms with Gasteiger partial charge in [0.15, 0.2) is 20.3 Å². The average Bonchev–Trinajstić information content (AvgIpc) is 3.14. The average molecular weight is 552 g/mol. The maximum absolute atomic E-state index is 12.9. The number of carbonyl (C=O) groups excluding carboxylic acids is 1. The minimum absolute atomic E-state index is 0.00299. The number of ether oxygens (including phenoxy) is 1. The molecule has 0 radical (unpaired) electrons. The maximum atomic E-state index is 12.9. The molecule has 2 atom stereocenters. The van der Waals surface area contributed by atoms with E-state index >= 15 is 0 Å². The van der Waals surface area contributed by atoms with E-state index in [1.807, 2.05) is 20.8 Å². The normalized spacial score (nSPS) is 14.3. The van der Waals surface area contributed by atoms with E-state index in [1.54, 1.807) is 13.8 Å². The van der Waals surface area contributed by atoms with Gasteiger partial charge in [0.05, 0.1) is 25.9 Å². The van der Waals surface area contributed by atoms with Crippen LogP contribution in [0.15, 0.2) is 6.33 Å². The molecular weight excluding hydrogens is 517 g/mol. The molecule has 0 aliphatic carbocycles. The van der Waals surface area contributed by atoms with Gasteiger partial charge in [-0.3, -0.25) is 14.7 Å². The zero-order valence-corrected chi connectivity index (χ0v) is 24.0. The summed E-state index contributed by atoms with van der Waals surface area (Å²) in [6, 6.07) is 0. The van der Waals surface area contributed by atoms with E-state index in [4.69, 9.17) is 34.6 Å². The molecule has 0 spiro atoms. The van der Waals surface area contributed by atoms with Gasteiger partial charge in [0, 0.05) is 0 Å². The summed E-state index contributed by atoms with van der Waals surface area (Å²) in [5.74, 6) is 0.00299. The van der Waals surface area contributed by atoms with E-state index in [2.05, 4.69) is 33.4 Å². The molecule has 2 rings (SSSR count). The third-order valence-electron chi connectivity index (χ3n) is 4.55. The number of imidazole rings is 1. The molecule has 0 aromatic carbocycles. The first-order chi connectivity index (χ1) is 16.4. The Morgan fingerprint density at radius 1 is 1.23 bits per heavy atom. The Kier molecular flexibility index (Phi) is 11.1. The minimum Gasteiger partial charge on any atom is -0.413 e. The fourth-order valence-corrected chi connectivity index (χ4v) is 6.01. The predicted octanol–water partition coefficient (Wildman–Crippen LogP) is 3.50. The van der Waals surface area contributed by atoms with E-state index < -0.39 is 28.8 Å². The molecule has 0 aliphatic heterocycles. The number of aromatic nitrogens is 4. The van der Waals surface area contributed by atoms with Gasteiger partial charge >= 0.3 is 7.60 Å². The van der Waals surface area contributed by atoms with Crippen molar-refractivity contribution < 1.29 is 32.4 Å².